The zero-order valence-electron chi connectivity index (χ0n) is 14.6. The van der Waals surface area contributed by atoms with Crippen LogP contribution in [0.2, 0.25) is 0 Å². The molecule has 0 aromatic heterocycles. The van der Waals surface area contributed by atoms with Crippen LogP contribution in [0.15, 0.2) is 48.5 Å². The molecule has 2 aromatic rings. The van der Waals surface area contributed by atoms with E-state index >= 15 is 0 Å². The van der Waals surface area contributed by atoms with Crippen LogP contribution in [0, 0.1) is 6.92 Å². The first-order valence-electron chi connectivity index (χ1n) is 8.81. The van der Waals surface area contributed by atoms with E-state index < -0.39 is 0 Å². The zero-order valence-corrected chi connectivity index (χ0v) is 14.6. The first kappa shape index (κ1) is 17.2. The van der Waals surface area contributed by atoms with Gasteiger partial charge in [-0.1, -0.05) is 36.4 Å². The van der Waals surface area contributed by atoms with E-state index in [1.807, 2.05) is 41.3 Å². The number of carbonyl (C=O) groups is 2. The average Bonchev–Trinajstić information content (AvgIpc) is 2.62. The van der Waals surface area contributed by atoms with Crippen molar-refractivity contribution in [1.29, 1.82) is 0 Å². The molecule has 3 rings (SSSR count). The summed E-state index contributed by atoms with van der Waals surface area (Å²) >= 11 is 0. The number of nitrogens with two attached hydrogens (primary N) is 1. The van der Waals surface area contributed by atoms with Gasteiger partial charge in [-0.15, -0.1) is 0 Å². The molecule has 1 atom stereocenters. The van der Waals surface area contributed by atoms with Crippen LogP contribution in [-0.4, -0.2) is 29.3 Å². The predicted molar refractivity (Wildman–Crippen MR) is 99.1 cm³/mol. The van der Waals surface area contributed by atoms with Gasteiger partial charge in [0.1, 0.15) is 0 Å². The Labute approximate surface area is 148 Å². The summed E-state index contributed by atoms with van der Waals surface area (Å²) in [5.41, 5.74) is 9.37. The molecular formula is C21H24N2O2. The molecule has 0 bridgehead atoms. The minimum Gasteiger partial charge on any atom is -0.370 e. The number of nitrogens with zero attached hydrogens (tertiary/aromatic N) is 1. The van der Waals surface area contributed by atoms with Crippen LogP contribution in [0.5, 0.6) is 0 Å². The van der Waals surface area contributed by atoms with Crippen LogP contribution in [0.1, 0.15) is 41.6 Å². The average molecular weight is 336 g/mol. The van der Waals surface area contributed by atoms with Gasteiger partial charge in [0.2, 0.25) is 5.91 Å². The molecule has 1 heterocycles. The van der Waals surface area contributed by atoms with E-state index in [9.17, 15) is 9.59 Å². The van der Waals surface area contributed by atoms with Gasteiger partial charge >= 0.3 is 0 Å². The van der Waals surface area contributed by atoms with Gasteiger partial charge in [0.15, 0.2) is 0 Å². The smallest absolute Gasteiger partial charge is 0.254 e. The van der Waals surface area contributed by atoms with Crippen molar-refractivity contribution >= 4 is 11.8 Å². The number of hydrogen-bond donors (Lipinski definition) is 1. The van der Waals surface area contributed by atoms with E-state index in [2.05, 4.69) is 19.1 Å². The molecule has 0 unspecified atom stereocenters. The Kier molecular flexibility index (Phi) is 5.17. The van der Waals surface area contributed by atoms with E-state index in [0.717, 1.165) is 30.4 Å². The number of piperidine rings is 1. The first-order valence-corrected chi connectivity index (χ1v) is 8.81. The topological polar surface area (TPSA) is 63.4 Å². The van der Waals surface area contributed by atoms with Gasteiger partial charge in [0.05, 0.1) is 0 Å². The molecule has 2 amide bonds. The molecule has 130 valence electrons. The lowest BCUT2D eigenvalue weighted by atomic mass is 9.96. The van der Waals surface area contributed by atoms with E-state index in [-0.39, 0.29) is 24.3 Å². The summed E-state index contributed by atoms with van der Waals surface area (Å²) < 4.78 is 0. The lowest BCUT2D eigenvalue weighted by Crippen LogP contribution is -2.45. The number of likely N-dealkylation sites (tertiary alicyclic amines) is 1. The molecule has 2 aromatic carbocycles. The summed E-state index contributed by atoms with van der Waals surface area (Å²) in [6, 6.07) is 15.8. The number of hydrogen-bond acceptors (Lipinski definition) is 2. The normalized spacial score (nSPS) is 17.3. The molecule has 1 aliphatic heterocycles. The SMILES string of the molecule is Cc1ccccc1-c1cccc(C(=O)N2CCCC[C@@H]2CC(N)=O)c1. The highest BCUT2D eigenvalue weighted by Gasteiger charge is 2.28. The third kappa shape index (κ3) is 3.90. The van der Waals surface area contributed by atoms with Crippen LogP contribution in [0.25, 0.3) is 11.1 Å². The first-order chi connectivity index (χ1) is 12.1. The molecule has 2 N–H and O–H groups in total. The molecule has 0 spiro atoms. The van der Waals surface area contributed by atoms with Crippen molar-refractivity contribution < 1.29 is 9.59 Å². The number of rotatable bonds is 4. The van der Waals surface area contributed by atoms with Gasteiger partial charge in [-0.3, -0.25) is 9.59 Å². The minimum absolute atomic E-state index is 0.0126. The molecule has 0 aliphatic carbocycles. The van der Waals surface area contributed by atoms with Crippen molar-refractivity contribution in [3.8, 4) is 11.1 Å². The van der Waals surface area contributed by atoms with Gasteiger partial charge < -0.3 is 10.6 Å². The molecule has 1 fully saturated rings. The summed E-state index contributed by atoms with van der Waals surface area (Å²) in [6.45, 7) is 2.75. The number of aryl methyl sites for hydroxylation is 1. The fraction of sp³-hybridized carbons (Fsp3) is 0.333. The van der Waals surface area contributed by atoms with Crippen molar-refractivity contribution in [2.75, 3.05) is 6.54 Å². The summed E-state index contributed by atoms with van der Waals surface area (Å²) in [5, 5.41) is 0. The third-order valence-electron chi connectivity index (χ3n) is 4.89. The maximum absolute atomic E-state index is 13.0. The molecule has 4 nitrogen and oxygen atoms in total. The van der Waals surface area contributed by atoms with Crippen LogP contribution < -0.4 is 5.73 Å². The van der Waals surface area contributed by atoms with Crippen molar-refractivity contribution in [2.45, 2.75) is 38.6 Å². The Morgan fingerprint density at radius 2 is 1.92 bits per heavy atom. The van der Waals surface area contributed by atoms with Crippen LogP contribution in [-0.2, 0) is 4.79 Å². The maximum atomic E-state index is 13.0. The molecule has 25 heavy (non-hydrogen) atoms. The Morgan fingerprint density at radius 3 is 2.68 bits per heavy atom. The predicted octanol–water partition coefficient (Wildman–Crippen LogP) is 3.53. The summed E-state index contributed by atoms with van der Waals surface area (Å²) in [5.74, 6) is -0.361. The fourth-order valence-electron chi connectivity index (χ4n) is 3.59. The minimum atomic E-state index is -0.349. The highest BCUT2D eigenvalue weighted by Crippen LogP contribution is 2.26. The van der Waals surface area contributed by atoms with Crippen LogP contribution >= 0.6 is 0 Å². The largest absolute Gasteiger partial charge is 0.370 e. The molecule has 0 radical (unpaired) electrons. The second-order valence-electron chi connectivity index (χ2n) is 6.71. The third-order valence-corrected chi connectivity index (χ3v) is 4.89. The second kappa shape index (κ2) is 7.51. The van der Waals surface area contributed by atoms with Crippen molar-refractivity contribution in [3.63, 3.8) is 0 Å². The van der Waals surface area contributed by atoms with Gasteiger partial charge in [0.25, 0.3) is 5.91 Å². The summed E-state index contributed by atoms with van der Waals surface area (Å²) in [7, 11) is 0. The summed E-state index contributed by atoms with van der Waals surface area (Å²) in [6.07, 6.45) is 3.08. The highest BCUT2D eigenvalue weighted by molar-refractivity contribution is 5.96. The monoisotopic (exact) mass is 336 g/mol. The zero-order chi connectivity index (χ0) is 17.8. The Morgan fingerprint density at radius 1 is 1.12 bits per heavy atom. The maximum Gasteiger partial charge on any atom is 0.254 e. The van der Waals surface area contributed by atoms with E-state index in [1.54, 1.807) is 0 Å². The Bertz CT molecular complexity index is 785. The van der Waals surface area contributed by atoms with Gasteiger partial charge in [-0.05, 0) is 55.0 Å². The number of benzene rings is 2. The lowest BCUT2D eigenvalue weighted by molar-refractivity contribution is -0.119. The summed E-state index contributed by atoms with van der Waals surface area (Å²) in [4.78, 5) is 26.2. The standard InChI is InChI=1S/C21H24N2O2/c1-15-7-2-3-11-19(15)16-8-6-9-17(13-16)21(25)23-12-5-4-10-18(23)14-20(22)24/h2-3,6-9,11,13,18H,4-5,10,12,14H2,1H3,(H2,22,24)/t18-/m1/s1. The van der Waals surface area contributed by atoms with Gasteiger partial charge in [-0.2, -0.15) is 0 Å². The van der Waals surface area contributed by atoms with Crippen molar-refractivity contribution in [1.82, 2.24) is 4.90 Å². The molecular weight excluding hydrogens is 312 g/mol. The quantitative estimate of drug-likeness (QED) is 0.928. The van der Waals surface area contributed by atoms with E-state index in [1.165, 1.54) is 5.56 Å². The Balaban J connectivity index is 1.88. The van der Waals surface area contributed by atoms with Crippen molar-refractivity contribution in [2.24, 2.45) is 5.73 Å². The second-order valence-corrected chi connectivity index (χ2v) is 6.71. The van der Waals surface area contributed by atoms with E-state index in [4.69, 9.17) is 5.73 Å². The van der Waals surface area contributed by atoms with Gasteiger partial charge in [0, 0.05) is 24.6 Å². The molecule has 4 heteroatoms. The number of amides is 2. The fourth-order valence-corrected chi connectivity index (χ4v) is 3.59. The number of primary amides is 1. The molecule has 1 aliphatic rings. The van der Waals surface area contributed by atoms with Gasteiger partial charge in [-0.25, -0.2) is 0 Å². The van der Waals surface area contributed by atoms with Crippen LogP contribution in [0.4, 0.5) is 0 Å². The van der Waals surface area contributed by atoms with E-state index in [0.29, 0.717) is 12.1 Å². The van der Waals surface area contributed by atoms with Crippen molar-refractivity contribution in [3.05, 3.63) is 59.7 Å². The lowest BCUT2D eigenvalue weighted by Gasteiger charge is -2.35. The Hall–Kier alpha value is -2.62. The number of carbonyl (C=O) groups excluding carboxylic acids is 2. The highest BCUT2D eigenvalue weighted by atomic mass is 16.2. The van der Waals surface area contributed by atoms with Crippen LogP contribution in [0.3, 0.4) is 0 Å². The molecule has 0 saturated carbocycles. The molecule has 1 saturated heterocycles.